The number of nitrogens with one attached hydrogen (secondary N) is 1. The van der Waals surface area contributed by atoms with Crippen LogP contribution in [0.25, 0.3) is 32.3 Å². The van der Waals surface area contributed by atoms with Crippen molar-refractivity contribution in [2.75, 3.05) is 65.7 Å². The van der Waals surface area contributed by atoms with E-state index in [1.807, 2.05) is 121 Å². The van der Waals surface area contributed by atoms with Crippen LogP contribution < -0.4 is 44.4 Å². The predicted octanol–water partition coefficient (Wildman–Crippen LogP) is 10.4. The Hall–Kier alpha value is -8.17. The number of nitrogens with two attached hydrogens (primary N) is 1. The smallest absolute Gasteiger partial charge is 0.163 e. The SMILES string of the molecule is COc1ccc(N(C)c2nncc3ccccc23)cc1OC.COc1ccc(N)cc1OC.COc1ccc(Nc2nncc3ccccc23)cc1OC.Clc1nncc2ccccc12. The van der Waals surface area contributed by atoms with E-state index in [9.17, 15) is 0 Å². The average molecular weight is 894 g/mol. The Balaban J connectivity index is 0.000000151. The maximum atomic E-state index is 5.78. The molecule has 16 heteroatoms. The van der Waals surface area contributed by atoms with Crippen LogP contribution in [0.3, 0.4) is 0 Å². The Kier molecular flexibility index (Phi) is 16.2. The zero-order valence-electron chi connectivity index (χ0n) is 36.9. The number of benzene rings is 6. The van der Waals surface area contributed by atoms with E-state index >= 15 is 0 Å². The van der Waals surface area contributed by atoms with Crippen LogP contribution in [0.15, 0.2) is 146 Å². The minimum atomic E-state index is 0.461. The third kappa shape index (κ3) is 11.7. The zero-order chi connectivity index (χ0) is 46.1. The molecule has 6 aromatic carbocycles. The maximum Gasteiger partial charge on any atom is 0.163 e. The molecule has 9 rings (SSSR count). The van der Waals surface area contributed by atoms with E-state index in [4.69, 9.17) is 45.8 Å². The second-order valence-corrected chi connectivity index (χ2v) is 14.0. The third-order valence-electron chi connectivity index (χ3n) is 9.77. The van der Waals surface area contributed by atoms with Gasteiger partial charge in [0.05, 0.1) is 61.2 Å². The molecule has 3 N–H and O–H groups in total. The van der Waals surface area contributed by atoms with Crippen LogP contribution in [-0.4, -0.2) is 80.3 Å². The van der Waals surface area contributed by atoms with Crippen molar-refractivity contribution >= 4 is 72.6 Å². The van der Waals surface area contributed by atoms with Gasteiger partial charge in [-0.3, -0.25) is 0 Å². The van der Waals surface area contributed by atoms with Crippen LogP contribution in [0.5, 0.6) is 34.5 Å². The highest BCUT2D eigenvalue weighted by molar-refractivity contribution is 6.34. The summed E-state index contributed by atoms with van der Waals surface area (Å²) in [5.74, 6) is 5.59. The lowest BCUT2D eigenvalue weighted by atomic mass is 10.1. The zero-order valence-corrected chi connectivity index (χ0v) is 37.6. The van der Waals surface area contributed by atoms with Crippen molar-refractivity contribution in [3.8, 4) is 34.5 Å². The minimum absolute atomic E-state index is 0.461. The van der Waals surface area contributed by atoms with Crippen molar-refractivity contribution in [1.82, 2.24) is 30.6 Å². The molecule has 0 atom stereocenters. The van der Waals surface area contributed by atoms with Crippen LogP contribution in [0.1, 0.15) is 0 Å². The van der Waals surface area contributed by atoms with E-state index < -0.39 is 0 Å². The Morgan fingerprint density at radius 3 is 1.54 bits per heavy atom. The van der Waals surface area contributed by atoms with Gasteiger partial charge in [-0.2, -0.15) is 15.3 Å². The first-order valence-electron chi connectivity index (χ1n) is 19.9. The first kappa shape index (κ1) is 46.3. The first-order valence-corrected chi connectivity index (χ1v) is 20.3. The van der Waals surface area contributed by atoms with E-state index in [0.29, 0.717) is 51.2 Å². The molecular formula is C49H48ClN9O6. The van der Waals surface area contributed by atoms with E-state index in [2.05, 4.69) is 35.9 Å². The normalized spacial score (nSPS) is 10.2. The summed E-state index contributed by atoms with van der Waals surface area (Å²) in [6, 6.07) is 40.4. The number of fused-ring (bicyclic) bond motifs is 3. The van der Waals surface area contributed by atoms with Gasteiger partial charge in [-0.05, 0) is 36.4 Å². The summed E-state index contributed by atoms with van der Waals surface area (Å²) in [7, 11) is 11.6. The summed E-state index contributed by atoms with van der Waals surface area (Å²) < 4.78 is 31.2. The van der Waals surface area contributed by atoms with Crippen LogP contribution >= 0.6 is 11.6 Å². The largest absolute Gasteiger partial charge is 0.493 e. The van der Waals surface area contributed by atoms with E-state index in [-0.39, 0.29) is 0 Å². The highest BCUT2D eigenvalue weighted by Crippen LogP contribution is 2.36. The molecule has 0 unspecified atom stereocenters. The molecule has 0 amide bonds. The standard InChI is InChI=1S/C17H17N3O2.C16H15N3O2.C8H5ClN2.C8H11NO2/c1-20(13-8-9-15(21-2)16(10-13)22-3)17-14-7-5-4-6-12(14)11-18-19-17;1-20-14-8-7-12(9-15(14)21-2)18-16-13-6-4-3-5-11(13)10-17-19-16;9-8-7-4-2-1-3-6(7)5-10-11-8;1-10-7-4-3-6(9)5-8(7)11-2/h4-11H,1-3H3;3-10H,1-2H3,(H,18,19);1-5H;3-5H,9H2,1-2H3. The van der Waals surface area contributed by atoms with Gasteiger partial charge in [0, 0.05) is 74.6 Å². The molecule has 0 aliphatic heterocycles. The van der Waals surface area contributed by atoms with Gasteiger partial charge in [0.15, 0.2) is 51.3 Å². The van der Waals surface area contributed by atoms with Gasteiger partial charge >= 0.3 is 0 Å². The summed E-state index contributed by atoms with van der Waals surface area (Å²) in [6.45, 7) is 0. The highest BCUT2D eigenvalue weighted by Gasteiger charge is 2.14. The van der Waals surface area contributed by atoms with Crippen LogP contribution in [0.2, 0.25) is 5.15 Å². The van der Waals surface area contributed by atoms with Crippen molar-refractivity contribution in [2.24, 2.45) is 0 Å². The van der Waals surface area contributed by atoms with Crippen molar-refractivity contribution in [2.45, 2.75) is 0 Å². The number of ether oxygens (including phenoxy) is 6. The van der Waals surface area contributed by atoms with E-state index in [0.717, 1.165) is 49.5 Å². The lowest BCUT2D eigenvalue weighted by molar-refractivity contribution is 0.355. The van der Waals surface area contributed by atoms with E-state index in [1.165, 1.54) is 0 Å². The second-order valence-electron chi connectivity index (χ2n) is 13.7. The highest BCUT2D eigenvalue weighted by atomic mass is 35.5. The average Bonchev–Trinajstić information content (AvgIpc) is 3.36. The minimum Gasteiger partial charge on any atom is -0.493 e. The van der Waals surface area contributed by atoms with Gasteiger partial charge in [-0.1, -0.05) is 84.4 Å². The third-order valence-corrected chi connectivity index (χ3v) is 10.1. The summed E-state index contributed by atoms with van der Waals surface area (Å²) in [4.78, 5) is 1.98. The predicted molar refractivity (Wildman–Crippen MR) is 258 cm³/mol. The maximum absolute atomic E-state index is 5.78. The molecule has 0 fully saturated rings. The van der Waals surface area contributed by atoms with Crippen molar-refractivity contribution in [3.63, 3.8) is 0 Å². The molecule has 3 heterocycles. The molecule has 3 aromatic heterocycles. The number of halogens is 1. The molecule has 0 saturated heterocycles. The second kappa shape index (κ2) is 22.8. The van der Waals surface area contributed by atoms with Crippen LogP contribution in [0, 0.1) is 0 Å². The van der Waals surface area contributed by atoms with Gasteiger partial charge in [-0.15, -0.1) is 15.3 Å². The Bertz CT molecular complexity index is 2960. The quantitative estimate of drug-likeness (QED) is 0.124. The lowest BCUT2D eigenvalue weighted by Gasteiger charge is -2.20. The van der Waals surface area contributed by atoms with Crippen molar-refractivity contribution in [3.05, 3.63) is 151 Å². The topological polar surface area (TPSA) is 174 Å². The lowest BCUT2D eigenvalue weighted by Crippen LogP contribution is -2.12. The first-order chi connectivity index (χ1) is 31.7. The monoisotopic (exact) mass is 893 g/mol. The van der Waals surface area contributed by atoms with Gasteiger partial charge in [0.2, 0.25) is 0 Å². The van der Waals surface area contributed by atoms with E-state index in [1.54, 1.807) is 79.4 Å². The number of anilines is 5. The molecule has 15 nitrogen and oxygen atoms in total. The molecule has 0 saturated carbocycles. The number of hydrogen-bond acceptors (Lipinski definition) is 15. The molecule has 65 heavy (non-hydrogen) atoms. The fourth-order valence-corrected chi connectivity index (χ4v) is 6.65. The van der Waals surface area contributed by atoms with Crippen LogP contribution in [0.4, 0.5) is 28.7 Å². The fourth-order valence-electron chi connectivity index (χ4n) is 6.43. The van der Waals surface area contributed by atoms with Crippen LogP contribution in [-0.2, 0) is 0 Å². The number of aromatic nitrogens is 6. The molecule has 332 valence electrons. The van der Waals surface area contributed by atoms with Gasteiger partial charge in [-0.25, -0.2) is 0 Å². The number of rotatable bonds is 10. The molecule has 0 radical (unpaired) electrons. The fraction of sp³-hybridized carbons (Fsp3) is 0.143. The Labute approximate surface area is 381 Å². The van der Waals surface area contributed by atoms with Gasteiger partial charge in [0.1, 0.15) is 0 Å². The van der Waals surface area contributed by atoms with Gasteiger partial charge < -0.3 is 44.4 Å². The number of nitrogen functional groups attached to an aromatic ring is 1. The Morgan fingerprint density at radius 2 is 0.938 bits per heavy atom. The van der Waals surface area contributed by atoms with Crippen molar-refractivity contribution < 1.29 is 28.4 Å². The molecule has 0 spiro atoms. The summed E-state index contributed by atoms with van der Waals surface area (Å²) in [5.41, 5.74) is 8.00. The summed E-state index contributed by atoms with van der Waals surface area (Å²) in [6.07, 6.45) is 5.21. The van der Waals surface area contributed by atoms with Crippen molar-refractivity contribution in [1.29, 1.82) is 0 Å². The number of hydrogen-bond donors (Lipinski definition) is 2. The molecule has 9 aromatic rings. The molecule has 0 bridgehead atoms. The molecule has 0 aliphatic rings. The summed E-state index contributed by atoms with van der Waals surface area (Å²) in [5, 5.41) is 33.9. The number of methoxy groups -OCH3 is 6. The molecule has 0 aliphatic carbocycles. The Morgan fingerprint density at radius 1 is 0.477 bits per heavy atom. The number of nitrogens with zero attached hydrogens (tertiary/aromatic N) is 7. The molecular weight excluding hydrogens is 846 g/mol. The summed E-state index contributed by atoms with van der Waals surface area (Å²) >= 11 is 5.78. The van der Waals surface area contributed by atoms with Gasteiger partial charge in [0.25, 0.3) is 0 Å².